The largest absolute Gasteiger partial charge is 0.366 e. The predicted octanol–water partition coefficient (Wildman–Crippen LogP) is 1.99. The maximum atomic E-state index is 12.4. The summed E-state index contributed by atoms with van der Waals surface area (Å²) in [7, 11) is -3.90. The summed E-state index contributed by atoms with van der Waals surface area (Å²) < 4.78 is 36.2. The molecular formula is C16H19NO4S2. The van der Waals surface area contributed by atoms with Gasteiger partial charge in [-0.2, -0.15) is 0 Å². The number of benzene rings is 1. The number of sulfone groups is 1. The molecule has 2 N–H and O–H groups in total. The highest BCUT2D eigenvalue weighted by Crippen LogP contribution is 2.46. The van der Waals surface area contributed by atoms with Gasteiger partial charge < -0.3 is 5.73 Å². The lowest BCUT2D eigenvalue weighted by Crippen LogP contribution is -2.16. The summed E-state index contributed by atoms with van der Waals surface area (Å²) in [5.74, 6) is -0.488. The van der Waals surface area contributed by atoms with Crippen molar-refractivity contribution in [2.45, 2.75) is 37.0 Å². The monoisotopic (exact) mass is 353 g/mol. The number of rotatable bonds is 5. The van der Waals surface area contributed by atoms with E-state index in [-0.39, 0.29) is 33.6 Å². The third-order valence-corrected chi connectivity index (χ3v) is 6.69. The summed E-state index contributed by atoms with van der Waals surface area (Å²) in [5.41, 5.74) is 7.11. The topological polar surface area (TPSA) is 94.3 Å². The molecule has 1 aromatic carbocycles. The van der Waals surface area contributed by atoms with Gasteiger partial charge in [0.2, 0.25) is 15.7 Å². The Morgan fingerprint density at radius 1 is 1.48 bits per heavy atom. The first-order valence-electron chi connectivity index (χ1n) is 7.30. The van der Waals surface area contributed by atoms with Crippen LogP contribution in [-0.4, -0.2) is 23.2 Å². The van der Waals surface area contributed by atoms with Gasteiger partial charge in [0.05, 0.1) is 4.90 Å². The van der Waals surface area contributed by atoms with Crippen LogP contribution in [-0.2, 0) is 21.1 Å². The van der Waals surface area contributed by atoms with Gasteiger partial charge in [-0.15, -0.1) is 0 Å². The third-order valence-electron chi connectivity index (χ3n) is 4.40. The number of carbonyl (C=O) groups excluding carboxylic acids is 1. The second-order valence-electron chi connectivity index (χ2n) is 5.67. The zero-order valence-electron chi connectivity index (χ0n) is 12.8. The number of hydrogen-bond acceptors (Lipinski definition) is 4. The molecule has 0 aliphatic heterocycles. The summed E-state index contributed by atoms with van der Waals surface area (Å²) in [4.78, 5) is 11.4. The number of carbonyl (C=O) groups is 1. The zero-order chi connectivity index (χ0) is 17.2. The van der Waals surface area contributed by atoms with Crippen LogP contribution in [0.1, 0.15) is 48.0 Å². The van der Waals surface area contributed by atoms with Gasteiger partial charge in [-0.3, -0.25) is 4.79 Å². The zero-order valence-corrected chi connectivity index (χ0v) is 14.5. The van der Waals surface area contributed by atoms with E-state index >= 15 is 0 Å². The molecule has 1 saturated carbocycles. The summed E-state index contributed by atoms with van der Waals surface area (Å²) in [5, 5.41) is 0. The van der Waals surface area contributed by atoms with Crippen LogP contribution < -0.4 is 5.73 Å². The number of nitrogens with two attached hydrogens (primary N) is 1. The van der Waals surface area contributed by atoms with Gasteiger partial charge in [-0.1, -0.05) is 25.1 Å². The molecular weight excluding hydrogens is 334 g/mol. The van der Waals surface area contributed by atoms with Crippen molar-refractivity contribution >= 4 is 31.7 Å². The molecule has 0 heterocycles. The molecule has 0 bridgehead atoms. The fourth-order valence-corrected chi connectivity index (χ4v) is 4.97. The van der Waals surface area contributed by atoms with Crippen molar-refractivity contribution < 1.29 is 17.4 Å². The van der Waals surface area contributed by atoms with Crippen LogP contribution in [0.4, 0.5) is 0 Å². The van der Waals surface area contributed by atoms with Gasteiger partial charge in [0.15, 0.2) is 0 Å². The molecule has 1 fully saturated rings. The van der Waals surface area contributed by atoms with Crippen LogP contribution in [0.15, 0.2) is 35.2 Å². The molecule has 5 nitrogen and oxygen atoms in total. The van der Waals surface area contributed by atoms with Gasteiger partial charge in [0.1, 0.15) is 16.0 Å². The van der Waals surface area contributed by atoms with Crippen LogP contribution in [0, 0.1) is 5.92 Å². The molecule has 0 radical (unpaired) electrons. The van der Waals surface area contributed by atoms with Gasteiger partial charge in [0, 0.05) is 5.56 Å². The maximum absolute atomic E-state index is 12.4. The smallest absolute Gasteiger partial charge is 0.248 e. The quantitative estimate of drug-likeness (QED) is 0.647. The highest BCUT2D eigenvalue weighted by Gasteiger charge is 2.33. The average molecular weight is 353 g/mol. The van der Waals surface area contributed by atoms with E-state index in [0.717, 1.165) is 24.8 Å². The molecule has 1 aliphatic carbocycles. The lowest BCUT2D eigenvalue weighted by atomic mass is 9.85. The minimum atomic E-state index is -3.90. The van der Waals surface area contributed by atoms with Gasteiger partial charge in [-0.05, 0) is 48.8 Å². The Hall–Kier alpha value is -1.73. The number of hydrogen-bond donors (Lipinski definition) is 1. The lowest BCUT2D eigenvalue weighted by molar-refractivity contribution is 0.1000. The SMILES string of the molecule is C=C1CCC(c2ccc(C(N)=O)cc2S(=O)(=O)C=S=O)C1CC. The van der Waals surface area contributed by atoms with E-state index in [2.05, 4.69) is 6.58 Å². The van der Waals surface area contributed by atoms with Crippen LogP contribution in [0.3, 0.4) is 0 Å². The van der Waals surface area contributed by atoms with Crippen molar-refractivity contribution in [3.8, 4) is 0 Å². The molecule has 2 rings (SSSR count). The molecule has 2 atom stereocenters. The normalized spacial score (nSPS) is 21.2. The molecule has 0 saturated heterocycles. The highest BCUT2D eigenvalue weighted by molar-refractivity contribution is 8.12. The van der Waals surface area contributed by atoms with Gasteiger partial charge in [0.25, 0.3) is 0 Å². The number of primary amides is 1. The van der Waals surface area contributed by atoms with E-state index in [4.69, 9.17) is 5.73 Å². The van der Waals surface area contributed by atoms with E-state index in [9.17, 15) is 17.4 Å². The summed E-state index contributed by atoms with van der Waals surface area (Å²) in [6, 6.07) is 4.45. The van der Waals surface area contributed by atoms with Crippen LogP contribution in [0.2, 0.25) is 0 Å². The average Bonchev–Trinajstić information content (AvgIpc) is 2.87. The minimum absolute atomic E-state index is 0.00435. The van der Waals surface area contributed by atoms with Crippen molar-refractivity contribution in [2.24, 2.45) is 11.7 Å². The third kappa shape index (κ3) is 3.45. The van der Waals surface area contributed by atoms with E-state index in [1.54, 1.807) is 6.07 Å². The van der Waals surface area contributed by atoms with Crippen molar-refractivity contribution in [2.75, 3.05) is 0 Å². The Balaban J connectivity index is 2.66. The molecule has 0 spiro atoms. The summed E-state index contributed by atoms with van der Waals surface area (Å²) >= 11 is -0.121. The molecule has 7 heteroatoms. The lowest BCUT2D eigenvalue weighted by Gasteiger charge is -2.22. The Kier molecular flexibility index (Phi) is 5.21. The van der Waals surface area contributed by atoms with Gasteiger partial charge >= 0.3 is 0 Å². The fourth-order valence-electron chi connectivity index (χ4n) is 3.30. The Morgan fingerprint density at radius 3 is 2.74 bits per heavy atom. The van der Waals surface area contributed by atoms with Crippen LogP contribution in [0.5, 0.6) is 0 Å². The van der Waals surface area contributed by atoms with Crippen molar-refractivity contribution in [3.63, 3.8) is 0 Å². The minimum Gasteiger partial charge on any atom is -0.366 e. The molecule has 23 heavy (non-hydrogen) atoms. The van der Waals surface area contributed by atoms with Crippen molar-refractivity contribution in [3.05, 3.63) is 41.5 Å². The molecule has 124 valence electrons. The first-order valence-corrected chi connectivity index (χ1v) is 9.65. The molecule has 2 unspecified atom stereocenters. The molecule has 0 aromatic heterocycles. The van der Waals surface area contributed by atoms with E-state index in [0.29, 0.717) is 10.3 Å². The predicted molar refractivity (Wildman–Crippen MR) is 91.2 cm³/mol. The van der Waals surface area contributed by atoms with Crippen molar-refractivity contribution in [1.29, 1.82) is 0 Å². The maximum Gasteiger partial charge on any atom is 0.248 e. The molecule has 1 amide bonds. The summed E-state index contributed by atoms with van der Waals surface area (Å²) in [6.07, 6.45) is 2.52. The second-order valence-corrected chi connectivity index (χ2v) is 8.16. The van der Waals surface area contributed by atoms with E-state index in [1.807, 2.05) is 6.92 Å². The van der Waals surface area contributed by atoms with Crippen molar-refractivity contribution in [1.82, 2.24) is 0 Å². The van der Waals surface area contributed by atoms with E-state index in [1.165, 1.54) is 12.1 Å². The van der Waals surface area contributed by atoms with Gasteiger partial charge in [-0.25, -0.2) is 12.6 Å². The molecule has 1 aromatic rings. The Bertz CT molecular complexity index is 807. The fraction of sp³-hybridized carbons (Fsp3) is 0.375. The summed E-state index contributed by atoms with van der Waals surface area (Å²) in [6.45, 7) is 6.11. The first kappa shape index (κ1) is 17.6. The Labute approximate surface area is 139 Å². The number of amides is 1. The van der Waals surface area contributed by atoms with Crippen LogP contribution >= 0.6 is 0 Å². The first-order chi connectivity index (χ1) is 10.8. The van der Waals surface area contributed by atoms with Crippen LogP contribution in [0.25, 0.3) is 0 Å². The van der Waals surface area contributed by atoms with E-state index < -0.39 is 15.7 Å². The second kappa shape index (κ2) is 6.80. The highest BCUT2D eigenvalue weighted by atomic mass is 32.2. The Morgan fingerprint density at radius 2 is 2.17 bits per heavy atom. The standard InChI is InChI=1S/C16H19NO4S2/c1-3-12-10(2)4-6-13(12)14-7-5-11(16(17)18)8-15(14)23(20,21)9-22-19/h5,7-9,12-13H,2-4,6H2,1H3,(H2,17,18). The number of allylic oxidation sites excluding steroid dienone is 1. The molecule has 1 aliphatic rings.